The van der Waals surface area contributed by atoms with Crippen molar-refractivity contribution in [1.29, 1.82) is 0 Å². The molecule has 8 atom stereocenters. The third kappa shape index (κ3) is 14.1. The number of hydrogen-bond donors (Lipinski definition) is 4. The SMILES string of the molecule is CN[C@@H](C)C(=O)N[C@H](C(=O)N1CCC[C@H]1Cn1cnnc1Cc1ccccc1)[C@@H](C)OCC#CC#CCO[C@H](C)[C@H](NC(=O)[C@H](C)NC)C(=O)N1CCC[C@H]1Cn1cnnc1Cc1ccccc1. The monoisotopic (exact) mass is 931 g/mol. The molecule has 2 aromatic carbocycles. The number of rotatable bonds is 22. The molecule has 0 spiro atoms. The Morgan fingerprint density at radius 1 is 0.632 bits per heavy atom. The van der Waals surface area contributed by atoms with Crippen molar-refractivity contribution < 1.29 is 28.7 Å². The average molecular weight is 931 g/mol. The van der Waals surface area contributed by atoms with E-state index in [0.29, 0.717) is 39.0 Å². The van der Waals surface area contributed by atoms with E-state index in [2.05, 4.69) is 65.3 Å². The fourth-order valence-electron chi connectivity index (χ4n) is 8.41. The van der Waals surface area contributed by atoms with E-state index >= 15 is 0 Å². The van der Waals surface area contributed by atoms with Crippen molar-refractivity contribution in [3.63, 3.8) is 0 Å². The molecule has 4 aromatic rings. The van der Waals surface area contributed by atoms with Crippen LogP contribution in [0.2, 0.25) is 0 Å². The van der Waals surface area contributed by atoms with E-state index in [1.54, 1.807) is 54.4 Å². The summed E-state index contributed by atoms with van der Waals surface area (Å²) in [4.78, 5) is 58.5. The van der Waals surface area contributed by atoms with E-state index < -0.39 is 36.4 Å². The van der Waals surface area contributed by atoms with Crippen molar-refractivity contribution in [2.24, 2.45) is 0 Å². The van der Waals surface area contributed by atoms with Crippen molar-refractivity contribution >= 4 is 23.6 Å². The molecule has 0 bridgehead atoms. The maximum Gasteiger partial charge on any atom is 0.248 e. The quantitative estimate of drug-likeness (QED) is 0.0834. The summed E-state index contributed by atoms with van der Waals surface area (Å²) in [7, 11) is 3.37. The first kappa shape index (κ1) is 51.0. The van der Waals surface area contributed by atoms with Crippen LogP contribution in [0.4, 0.5) is 0 Å². The Balaban J connectivity index is 1.04. The van der Waals surface area contributed by atoms with E-state index in [-0.39, 0.29) is 48.9 Å². The van der Waals surface area contributed by atoms with Gasteiger partial charge in [-0.05, 0) is 90.4 Å². The van der Waals surface area contributed by atoms with Crippen LogP contribution in [0.3, 0.4) is 0 Å². The van der Waals surface area contributed by atoms with Gasteiger partial charge in [0, 0.05) is 51.1 Å². The second kappa shape index (κ2) is 25.6. The number of likely N-dealkylation sites (tertiary alicyclic amines) is 2. The highest BCUT2D eigenvalue weighted by molar-refractivity contribution is 5.91. The minimum absolute atomic E-state index is 0.0482. The van der Waals surface area contributed by atoms with Gasteiger partial charge in [0.2, 0.25) is 23.6 Å². The van der Waals surface area contributed by atoms with E-state index in [9.17, 15) is 19.2 Å². The lowest BCUT2D eigenvalue weighted by Gasteiger charge is -2.32. The van der Waals surface area contributed by atoms with Gasteiger partial charge in [0.1, 0.15) is 49.6 Å². The van der Waals surface area contributed by atoms with Gasteiger partial charge in [-0.3, -0.25) is 19.2 Å². The number of ether oxygens (including phenoxy) is 2. The number of likely N-dealkylation sites (N-methyl/N-ethyl adjacent to an activating group) is 2. The number of carbonyl (C=O) groups is 4. The first-order valence-electron chi connectivity index (χ1n) is 23.5. The summed E-state index contributed by atoms with van der Waals surface area (Å²) in [5, 5.41) is 28.8. The zero-order valence-corrected chi connectivity index (χ0v) is 40.1. The number of amides is 4. The molecule has 4 amide bonds. The molecule has 0 aliphatic carbocycles. The number of hydrogen-bond acceptors (Lipinski definition) is 12. The molecule has 6 rings (SSSR count). The van der Waals surface area contributed by atoms with Gasteiger partial charge in [-0.25, -0.2) is 0 Å². The van der Waals surface area contributed by atoms with Crippen molar-refractivity contribution in [3.05, 3.63) is 96.1 Å². The second-order valence-corrected chi connectivity index (χ2v) is 17.4. The highest BCUT2D eigenvalue weighted by Gasteiger charge is 2.39. The van der Waals surface area contributed by atoms with Crippen LogP contribution in [0.5, 0.6) is 0 Å². The lowest BCUT2D eigenvalue weighted by Crippen LogP contribution is -2.58. The Morgan fingerprint density at radius 2 is 1.03 bits per heavy atom. The summed E-state index contributed by atoms with van der Waals surface area (Å²) in [5.41, 5.74) is 2.23. The second-order valence-electron chi connectivity index (χ2n) is 17.4. The molecule has 2 fully saturated rings. The zero-order valence-electron chi connectivity index (χ0n) is 40.1. The van der Waals surface area contributed by atoms with E-state index in [1.807, 2.05) is 79.6 Å². The first-order valence-corrected chi connectivity index (χ1v) is 23.5. The largest absolute Gasteiger partial charge is 0.363 e. The number of nitrogens with one attached hydrogen (secondary N) is 4. The van der Waals surface area contributed by atoms with Crippen LogP contribution in [0.1, 0.15) is 76.2 Å². The van der Waals surface area contributed by atoms with Gasteiger partial charge in [0.05, 0.1) is 24.3 Å². The van der Waals surface area contributed by atoms with E-state index in [0.717, 1.165) is 48.5 Å². The highest BCUT2D eigenvalue weighted by atomic mass is 16.5. The van der Waals surface area contributed by atoms with Crippen LogP contribution in [0, 0.1) is 23.7 Å². The van der Waals surface area contributed by atoms with Crippen LogP contribution in [-0.2, 0) is 54.6 Å². The smallest absolute Gasteiger partial charge is 0.248 e. The summed E-state index contributed by atoms with van der Waals surface area (Å²) < 4.78 is 16.1. The molecule has 0 radical (unpaired) electrons. The van der Waals surface area contributed by atoms with Gasteiger partial charge < -0.3 is 49.7 Å². The van der Waals surface area contributed by atoms with Gasteiger partial charge >= 0.3 is 0 Å². The summed E-state index contributed by atoms with van der Waals surface area (Å²) in [5.74, 6) is 11.8. The van der Waals surface area contributed by atoms with Crippen molar-refractivity contribution in [3.8, 4) is 23.7 Å². The summed E-state index contributed by atoms with van der Waals surface area (Å²) in [6.45, 7) is 8.99. The molecule has 362 valence electrons. The maximum absolute atomic E-state index is 14.3. The van der Waals surface area contributed by atoms with Gasteiger partial charge in [0.25, 0.3) is 0 Å². The van der Waals surface area contributed by atoms with Crippen LogP contribution in [0.25, 0.3) is 0 Å². The molecule has 2 saturated heterocycles. The summed E-state index contributed by atoms with van der Waals surface area (Å²) in [6.07, 6.45) is 6.44. The van der Waals surface area contributed by atoms with E-state index in [1.165, 1.54) is 0 Å². The van der Waals surface area contributed by atoms with Crippen LogP contribution >= 0.6 is 0 Å². The number of benzene rings is 2. The predicted molar refractivity (Wildman–Crippen MR) is 255 cm³/mol. The molecule has 18 heteroatoms. The Kier molecular flexibility index (Phi) is 19.2. The number of aromatic nitrogens is 6. The van der Waals surface area contributed by atoms with Crippen LogP contribution < -0.4 is 21.3 Å². The van der Waals surface area contributed by atoms with E-state index in [4.69, 9.17) is 9.47 Å². The molecule has 2 aliphatic heterocycles. The fourth-order valence-corrected chi connectivity index (χ4v) is 8.41. The normalized spacial score (nSPS) is 18.3. The van der Waals surface area contributed by atoms with Crippen LogP contribution in [0.15, 0.2) is 73.3 Å². The third-order valence-electron chi connectivity index (χ3n) is 12.7. The first-order chi connectivity index (χ1) is 33.0. The van der Waals surface area contributed by atoms with Gasteiger partial charge in [-0.2, -0.15) is 0 Å². The predicted octanol–water partition coefficient (Wildman–Crippen LogP) is 1.74. The summed E-state index contributed by atoms with van der Waals surface area (Å²) >= 11 is 0. The Morgan fingerprint density at radius 3 is 1.41 bits per heavy atom. The Hall–Kier alpha value is -6.44. The molecule has 2 aromatic heterocycles. The van der Waals surface area contributed by atoms with Gasteiger partial charge in [-0.1, -0.05) is 72.5 Å². The van der Waals surface area contributed by atoms with Crippen molar-refractivity contribution in [2.45, 2.75) is 128 Å². The molecule has 0 saturated carbocycles. The minimum atomic E-state index is -0.963. The molecular formula is C50H66N12O6. The Bertz CT molecular complexity index is 2220. The topological polar surface area (TPSA) is 203 Å². The molecule has 0 unspecified atom stereocenters. The average Bonchev–Trinajstić information content (AvgIpc) is 4.20. The minimum Gasteiger partial charge on any atom is -0.363 e. The van der Waals surface area contributed by atoms with Gasteiger partial charge in [-0.15, -0.1) is 20.4 Å². The number of nitrogens with zero attached hydrogens (tertiary/aromatic N) is 8. The van der Waals surface area contributed by atoms with Gasteiger partial charge in [0.15, 0.2) is 0 Å². The Labute approximate surface area is 399 Å². The highest BCUT2D eigenvalue weighted by Crippen LogP contribution is 2.24. The lowest BCUT2D eigenvalue weighted by atomic mass is 10.1. The molecule has 4 N–H and O–H groups in total. The van der Waals surface area contributed by atoms with Crippen molar-refractivity contribution in [2.75, 3.05) is 40.4 Å². The fraction of sp³-hybridized carbons (Fsp3) is 0.520. The molecule has 4 heterocycles. The van der Waals surface area contributed by atoms with Crippen LogP contribution in [-0.4, -0.2) is 152 Å². The molecule has 2 aliphatic rings. The molecule has 18 nitrogen and oxygen atoms in total. The number of carbonyl (C=O) groups excluding carboxylic acids is 4. The molecule has 68 heavy (non-hydrogen) atoms. The zero-order chi connectivity index (χ0) is 48.4. The molecular weight excluding hydrogens is 865 g/mol. The van der Waals surface area contributed by atoms with Crippen molar-refractivity contribution in [1.82, 2.24) is 60.6 Å². The maximum atomic E-state index is 14.3. The third-order valence-corrected chi connectivity index (χ3v) is 12.7. The standard InChI is InChI=1S/C50H66N12O6/c1-35(51-5)47(63)55-45(49(65)61-25-17-23-41(61)31-59-33-53-57-43(59)29-39-19-11-9-12-20-39)37(3)67-27-15-7-8-16-28-68-38(4)46(56-48(64)36(2)52-6)50(66)62-26-18-24-42(62)32-60-34-54-58-44(60)30-40-21-13-10-14-22-40/h9-14,19-22,33-38,41-42,45-46,51-52H,17-18,23-32H2,1-6H3,(H,55,63)(H,56,64)/t35-,36-,37+,38+,41-,42-,45-,46-/m0/s1. The lowest BCUT2D eigenvalue weighted by molar-refractivity contribution is -0.141. The summed E-state index contributed by atoms with van der Waals surface area (Å²) in [6, 6.07) is 16.9.